The molecular weight excluding hydrogens is 326 g/mol. The van der Waals surface area contributed by atoms with Gasteiger partial charge in [0.15, 0.2) is 11.5 Å². The van der Waals surface area contributed by atoms with Crippen LogP contribution in [0.4, 0.5) is 0 Å². The lowest BCUT2D eigenvalue weighted by Crippen LogP contribution is -2.14. The van der Waals surface area contributed by atoms with E-state index < -0.39 is 6.04 Å². The summed E-state index contributed by atoms with van der Waals surface area (Å²) >= 11 is 0. The van der Waals surface area contributed by atoms with E-state index in [1.807, 2.05) is 78.9 Å². The van der Waals surface area contributed by atoms with Crippen LogP contribution in [0.1, 0.15) is 22.7 Å². The number of ether oxygens (including phenoxy) is 2. The van der Waals surface area contributed by atoms with Crippen molar-refractivity contribution < 1.29 is 14.6 Å². The minimum Gasteiger partial charge on any atom is -0.485 e. The first kappa shape index (κ1) is 18.0. The summed E-state index contributed by atoms with van der Waals surface area (Å²) in [7, 11) is 0. The van der Waals surface area contributed by atoms with E-state index in [-0.39, 0.29) is 6.61 Å². The van der Waals surface area contributed by atoms with E-state index >= 15 is 0 Å². The van der Waals surface area contributed by atoms with E-state index in [0.29, 0.717) is 24.7 Å². The third kappa shape index (κ3) is 4.85. The smallest absolute Gasteiger partial charge is 0.162 e. The molecule has 4 heteroatoms. The summed E-state index contributed by atoms with van der Waals surface area (Å²) in [5.41, 5.74) is 8.90. The molecule has 3 N–H and O–H groups in total. The van der Waals surface area contributed by atoms with Crippen molar-refractivity contribution in [1.29, 1.82) is 0 Å². The zero-order chi connectivity index (χ0) is 18.2. The van der Waals surface area contributed by atoms with E-state index in [1.54, 1.807) is 0 Å². The van der Waals surface area contributed by atoms with Gasteiger partial charge in [-0.15, -0.1) is 0 Å². The highest BCUT2D eigenvalue weighted by atomic mass is 16.5. The first-order valence-corrected chi connectivity index (χ1v) is 8.60. The SMILES string of the molecule is N[C@@H](CO)c1ccc(OCc2ccccc2)c(OCc2ccccc2)c1. The molecule has 134 valence electrons. The number of hydrogen-bond donors (Lipinski definition) is 2. The Kier molecular flexibility index (Phi) is 6.25. The van der Waals surface area contributed by atoms with E-state index in [1.165, 1.54) is 0 Å². The molecule has 0 aromatic heterocycles. The molecule has 3 rings (SSSR count). The molecule has 4 nitrogen and oxygen atoms in total. The minimum atomic E-state index is -0.447. The molecule has 26 heavy (non-hydrogen) atoms. The van der Waals surface area contributed by atoms with E-state index in [4.69, 9.17) is 15.2 Å². The van der Waals surface area contributed by atoms with Gasteiger partial charge >= 0.3 is 0 Å². The second-order valence-electron chi connectivity index (χ2n) is 6.04. The van der Waals surface area contributed by atoms with Gasteiger partial charge in [-0.05, 0) is 28.8 Å². The Hall–Kier alpha value is -2.82. The van der Waals surface area contributed by atoms with Gasteiger partial charge in [-0.25, -0.2) is 0 Å². The molecule has 0 aliphatic carbocycles. The molecule has 0 saturated heterocycles. The Morgan fingerprint density at radius 3 is 1.81 bits per heavy atom. The molecule has 3 aromatic carbocycles. The summed E-state index contributed by atoms with van der Waals surface area (Å²) in [6, 6.07) is 25.0. The zero-order valence-corrected chi connectivity index (χ0v) is 14.5. The average molecular weight is 349 g/mol. The van der Waals surface area contributed by atoms with Crippen molar-refractivity contribution in [3.8, 4) is 11.5 Å². The summed E-state index contributed by atoms with van der Waals surface area (Å²) in [4.78, 5) is 0. The Balaban J connectivity index is 1.77. The molecular formula is C22H23NO3. The highest BCUT2D eigenvalue weighted by Gasteiger charge is 2.12. The predicted octanol–water partition coefficient (Wildman–Crippen LogP) is 3.84. The largest absolute Gasteiger partial charge is 0.485 e. The third-order valence-electron chi connectivity index (χ3n) is 4.07. The summed E-state index contributed by atoms with van der Waals surface area (Å²) < 4.78 is 11.9. The molecule has 0 radical (unpaired) electrons. The van der Waals surface area contributed by atoms with Crippen LogP contribution in [-0.2, 0) is 13.2 Å². The summed E-state index contributed by atoms with van der Waals surface area (Å²) in [6.45, 7) is 0.761. The van der Waals surface area contributed by atoms with Gasteiger partial charge < -0.3 is 20.3 Å². The normalized spacial score (nSPS) is 11.8. The fraction of sp³-hybridized carbons (Fsp3) is 0.182. The maximum absolute atomic E-state index is 9.31. The van der Waals surface area contributed by atoms with Crippen LogP contribution in [0.3, 0.4) is 0 Å². The Morgan fingerprint density at radius 2 is 1.27 bits per heavy atom. The molecule has 0 amide bonds. The molecule has 0 spiro atoms. The van der Waals surface area contributed by atoms with Crippen LogP contribution >= 0.6 is 0 Å². The van der Waals surface area contributed by atoms with Crippen molar-refractivity contribution in [2.45, 2.75) is 19.3 Å². The first-order chi connectivity index (χ1) is 12.8. The van der Waals surface area contributed by atoms with Gasteiger partial charge in [-0.2, -0.15) is 0 Å². The number of hydrogen-bond acceptors (Lipinski definition) is 4. The van der Waals surface area contributed by atoms with Crippen molar-refractivity contribution >= 4 is 0 Å². The highest BCUT2D eigenvalue weighted by Crippen LogP contribution is 2.31. The fourth-order valence-electron chi connectivity index (χ4n) is 2.56. The van der Waals surface area contributed by atoms with Gasteiger partial charge in [0, 0.05) is 0 Å². The summed E-state index contributed by atoms with van der Waals surface area (Å²) in [6.07, 6.45) is 0. The number of rotatable bonds is 8. The van der Waals surface area contributed by atoms with Crippen molar-refractivity contribution in [1.82, 2.24) is 0 Å². The van der Waals surface area contributed by atoms with Gasteiger partial charge in [0.2, 0.25) is 0 Å². The van der Waals surface area contributed by atoms with Crippen molar-refractivity contribution in [3.63, 3.8) is 0 Å². The second kappa shape index (κ2) is 9.04. The molecule has 0 aliphatic rings. The topological polar surface area (TPSA) is 64.7 Å². The number of nitrogens with two attached hydrogens (primary N) is 1. The fourth-order valence-corrected chi connectivity index (χ4v) is 2.56. The van der Waals surface area contributed by atoms with Crippen molar-refractivity contribution in [2.24, 2.45) is 5.73 Å². The Labute approximate surface area is 153 Å². The van der Waals surface area contributed by atoms with Crippen LogP contribution in [0.25, 0.3) is 0 Å². The highest BCUT2D eigenvalue weighted by molar-refractivity contribution is 5.44. The second-order valence-corrected chi connectivity index (χ2v) is 6.04. The molecule has 0 fully saturated rings. The monoisotopic (exact) mass is 349 g/mol. The van der Waals surface area contributed by atoms with Gasteiger partial charge in [-0.1, -0.05) is 66.7 Å². The van der Waals surface area contributed by atoms with Gasteiger partial charge in [-0.3, -0.25) is 0 Å². The van der Waals surface area contributed by atoms with E-state index in [0.717, 1.165) is 16.7 Å². The summed E-state index contributed by atoms with van der Waals surface area (Å²) in [5, 5.41) is 9.31. The predicted molar refractivity (Wildman–Crippen MR) is 102 cm³/mol. The van der Waals surface area contributed by atoms with E-state index in [2.05, 4.69) is 0 Å². The molecule has 0 unspecified atom stereocenters. The number of aliphatic hydroxyl groups excluding tert-OH is 1. The van der Waals surface area contributed by atoms with Crippen LogP contribution in [-0.4, -0.2) is 11.7 Å². The molecule has 0 aliphatic heterocycles. The van der Waals surface area contributed by atoms with Crippen LogP contribution in [0, 0.1) is 0 Å². The zero-order valence-electron chi connectivity index (χ0n) is 14.5. The molecule has 0 heterocycles. The first-order valence-electron chi connectivity index (χ1n) is 8.60. The van der Waals surface area contributed by atoms with Crippen LogP contribution in [0.2, 0.25) is 0 Å². The molecule has 3 aromatic rings. The van der Waals surface area contributed by atoms with Crippen molar-refractivity contribution in [3.05, 3.63) is 95.6 Å². The van der Waals surface area contributed by atoms with Crippen LogP contribution in [0.5, 0.6) is 11.5 Å². The number of aliphatic hydroxyl groups is 1. The van der Waals surface area contributed by atoms with E-state index in [9.17, 15) is 5.11 Å². The van der Waals surface area contributed by atoms with Crippen LogP contribution in [0.15, 0.2) is 78.9 Å². The van der Waals surface area contributed by atoms with Crippen LogP contribution < -0.4 is 15.2 Å². The Bertz CT molecular complexity index is 806. The lowest BCUT2D eigenvalue weighted by molar-refractivity contribution is 0.252. The van der Waals surface area contributed by atoms with Gasteiger partial charge in [0.1, 0.15) is 13.2 Å². The van der Waals surface area contributed by atoms with Gasteiger partial charge in [0.25, 0.3) is 0 Å². The minimum absolute atomic E-state index is 0.123. The Morgan fingerprint density at radius 1 is 0.731 bits per heavy atom. The maximum atomic E-state index is 9.31. The standard InChI is InChI=1S/C22H23NO3/c23-20(14-24)19-11-12-21(25-15-17-7-3-1-4-8-17)22(13-19)26-16-18-9-5-2-6-10-18/h1-13,20,24H,14-16,23H2/t20-/m0/s1. The quantitative estimate of drug-likeness (QED) is 0.648. The van der Waals surface area contributed by atoms with Crippen molar-refractivity contribution in [2.75, 3.05) is 6.61 Å². The maximum Gasteiger partial charge on any atom is 0.162 e. The number of benzene rings is 3. The lowest BCUT2D eigenvalue weighted by atomic mass is 10.1. The molecule has 1 atom stereocenters. The average Bonchev–Trinajstić information content (AvgIpc) is 2.72. The third-order valence-corrected chi connectivity index (χ3v) is 4.07. The molecule has 0 saturated carbocycles. The lowest BCUT2D eigenvalue weighted by Gasteiger charge is -2.16. The molecule has 0 bridgehead atoms. The van der Waals surface area contributed by atoms with Gasteiger partial charge in [0.05, 0.1) is 12.6 Å². The summed E-state index contributed by atoms with van der Waals surface area (Å²) in [5.74, 6) is 1.27.